The maximum atomic E-state index is 11.5. The van der Waals surface area contributed by atoms with Crippen molar-refractivity contribution in [2.45, 2.75) is 0 Å². The number of esters is 1. The third-order valence-electron chi connectivity index (χ3n) is 2.34. The van der Waals surface area contributed by atoms with Crippen LogP contribution >= 0.6 is 0 Å². The van der Waals surface area contributed by atoms with E-state index >= 15 is 0 Å². The summed E-state index contributed by atoms with van der Waals surface area (Å²) in [5.41, 5.74) is 7.59. The van der Waals surface area contributed by atoms with Crippen molar-refractivity contribution in [1.29, 1.82) is 0 Å². The summed E-state index contributed by atoms with van der Waals surface area (Å²) in [6.07, 6.45) is 4.95. The zero-order valence-corrected chi connectivity index (χ0v) is 9.25. The third kappa shape index (κ3) is 2.23. The normalized spacial score (nSPS) is 9.94. The van der Waals surface area contributed by atoms with Gasteiger partial charge in [0.2, 0.25) is 0 Å². The van der Waals surface area contributed by atoms with Crippen LogP contribution in [0.15, 0.2) is 36.8 Å². The Hall–Kier alpha value is -2.43. The molecule has 5 nitrogen and oxygen atoms in total. The van der Waals surface area contributed by atoms with Crippen molar-refractivity contribution in [1.82, 2.24) is 9.97 Å². The molecular formula is C12H11N3O2. The van der Waals surface area contributed by atoms with Gasteiger partial charge >= 0.3 is 5.97 Å². The number of ether oxygens (including phenoxy) is 1. The molecule has 0 radical (unpaired) electrons. The number of hydrogen-bond donors (Lipinski definition) is 1. The number of nitrogen functional groups attached to an aromatic ring is 1. The summed E-state index contributed by atoms with van der Waals surface area (Å²) in [6, 6.07) is 5.31. The van der Waals surface area contributed by atoms with Crippen LogP contribution in [0.2, 0.25) is 0 Å². The Morgan fingerprint density at radius 3 is 2.65 bits per heavy atom. The van der Waals surface area contributed by atoms with Gasteiger partial charge in [0.15, 0.2) is 0 Å². The Labute approximate surface area is 98.3 Å². The van der Waals surface area contributed by atoms with Crippen molar-refractivity contribution < 1.29 is 9.53 Å². The Bertz CT molecular complexity index is 541. The molecule has 0 saturated heterocycles. The van der Waals surface area contributed by atoms with Gasteiger partial charge in [0, 0.05) is 24.2 Å². The second-order valence-corrected chi connectivity index (χ2v) is 3.38. The van der Waals surface area contributed by atoms with Gasteiger partial charge in [-0.2, -0.15) is 0 Å². The van der Waals surface area contributed by atoms with E-state index in [9.17, 15) is 4.79 Å². The number of rotatable bonds is 2. The maximum absolute atomic E-state index is 11.5. The minimum Gasteiger partial charge on any atom is -0.465 e. The second kappa shape index (κ2) is 4.61. The van der Waals surface area contributed by atoms with Gasteiger partial charge in [-0.25, -0.2) is 9.78 Å². The van der Waals surface area contributed by atoms with E-state index in [4.69, 9.17) is 5.73 Å². The highest BCUT2D eigenvalue weighted by Crippen LogP contribution is 2.21. The Morgan fingerprint density at radius 1 is 1.29 bits per heavy atom. The van der Waals surface area contributed by atoms with Gasteiger partial charge in [0.05, 0.1) is 7.11 Å². The molecule has 2 aromatic heterocycles. The molecule has 0 bridgehead atoms. The minimum absolute atomic E-state index is 0.162. The minimum atomic E-state index is -0.495. The van der Waals surface area contributed by atoms with E-state index in [0.717, 1.165) is 11.1 Å². The van der Waals surface area contributed by atoms with E-state index in [2.05, 4.69) is 14.7 Å². The maximum Gasteiger partial charge on any atom is 0.341 e. The lowest BCUT2D eigenvalue weighted by Crippen LogP contribution is -2.07. The lowest BCUT2D eigenvalue weighted by Gasteiger charge is -2.06. The van der Waals surface area contributed by atoms with Gasteiger partial charge in [-0.3, -0.25) is 4.98 Å². The number of nitrogens with zero attached hydrogens (tertiary/aromatic N) is 2. The molecule has 17 heavy (non-hydrogen) atoms. The summed E-state index contributed by atoms with van der Waals surface area (Å²) in [5.74, 6) is -0.333. The number of anilines is 1. The molecule has 0 aliphatic heterocycles. The van der Waals surface area contributed by atoms with E-state index in [-0.39, 0.29) is 11.4 Å². The first-order valence-electron chi connectivity index (χ1n) is 4.96. The molecular weight excluding hydrogens is 218 g/mol. The number of pyridine rings is 2. The molecule has 0 spiro atoms. The first-order valence-corrected chi connectivity index (χ1v) is 4.96. The highest BCUT2D eigenvalue weighted by molar-refractivity contribution is 5.95. The fourth-order valence-corrected chi connectivity index (χ4v) is 1.45. The Balaban J connectivity index is 2.48. The highest BCUT2D eigenvalue weighted by Gasteiger charge is 2.12. The molecule has 86 valence electrons. The van der Waals surface area contributed by atoms with E-state index in [1.165, 1.54) is 7.11 Å². The van der Waals surface area contributed by atoms with Crippen LogP contribution in [0.3, 0.4) is 0 Å². The summed E-state index contributed by atoms with van der Waals surface area (Å²) in [7, 11) is 1.31. The van der Waals surface area contributed by atoms with E-state index in [0.29, 0.717) is 0 Å². The average molecular weight is 229 g/mol. The molecule has 5 heteroatoms. The molecule has 0 aliphatic rings. The third-order valence-corrected chi connectivity index (χ3v) is 2.34. The fourth-order valence-electron chi connectivity index (χ4n) is 1.45. The topological polar surface area (TPSA) is 78.1 Å². The van der Waals surface area contributed by atoms with Crippen molar-refractivity contribution in [2.75, 3.05) is 12.8 Å². The summed E-state index contributed by atoms with van der Waals surface area (Å²) >= 11 is 0. The van der Waals surface area contributed by atoms with Crippen molar-refractivity contribution in [3.63, 3.8) is 0 Å². The van der Waals surface area contributed by atoms with E-state index in [1.807, 2.05) is 12.1 Å². The first-order chi connectivity index (χ1) is 8.22. The number of aromatic nitrogens is 2. The summed E-state index contributed by atoms with van der Waals surface area (Å²) in [4.78, 5) is 19.4. The monoisotopic (exact) mass is 229 g/mol. The van der Waals surface area contributed by atoms with Crippen molar-refractivity contribution in [2.24, 2.45) is 0 Å². The van der Waals surface area contributed by atoms with Crippen LogP contribution < -0.4 is 5.73 Å². The fraction of sp³-hybridized carbons (Fsp3) is 0.0833. The predicted molar refractivity (Wildman–Crippen MR) is 63.2 cm³/mol. The molecule has 2 heterocycles. The molecule has 0 aliphatic carbocycles. The molecule has 0 saturated carbocycles. The molecule has 0 unspecified atom stereocenters. The van der Waals surface area contributed by atoms with Crippen molar-refractivity contribution in [3.05, 3.63) is 42.4 Å². The van der Waals surface area contributed by atoms with E-state index < -0.39 is 5.97 Å². The summed E-state index contributed by atoms with van der Waals surface area (Å²) < 4.78 is 4.64. The van der Waals surface area contributed by atoms with Gasteiger partial charge in [-0.05, 0) is 23.8 Å². The largest absolute Gasteiger partial charge is 0.465 e. The van der Waals surface area contributed by atoms with Crippen LogP contribution in [0, 0.1) is 0 Å². The Kier molecular flexibility index (Phi) is 3.00. The number of carbonyl (C=O) groups is 1. The van der Waals surface area contributed by atoms with Crippen LogP contribution in [0.1, 0.15) is 10.4 Å². The molecule has 0 amide bonds. The number of carbonyl (C=O) groups excluding carboxylic acids is 1. The average Bonchev–Trinajstić information content (AvgIpc) is 2.39. The first kappa shape index (κ1) is 11.1. The second-order valence-electron chi connectivity index (χ2n) is 3.38. The lowest BCUT2D eigenvalue weighted by molar-refractivity contribution is 0.0601. The molecule has 2 N–H and O–H groups in total. The standard InChI is InChI=1S/C12H11N3O2/c1-17-12(16)10-6-9(7-15-11(10)13)8-2-4-14-5-3-8/h2-7H,1H3,(H2,13,15). The van der Waals surface area contributed by atoms with Crippen LogP contribution in [0.25, 0.3) is 11.1 Å². The lowest BCUT2D eigenvalue weighted by atomic mass is 10.1. The van der Waals surface area contributed by atoms with Crippen LogP contribution in [-0.2, 0) is 4.74 Å². The molecule has 2 rings (SSSR count). The highest BCUT2D eigenvalue weighted by atomic mass is 16.5. The summed E-state index contributed by atoms with van der Waals surface area (Å²) in [5, 5.41) is 0. The predicted octanol–water partition coefficient (Wildman–Crippen LogP) is 1.51. The van der Waals surface area contributed by atoms with Gasteiger partial charge in [-0.15, -0.1) is 0 Å². The molecule has 0 fully saturated rings. The molecule has 0 aromatic carbocycles. The van der Waals surface area contributed by atoms with Crippen LogP contribution in [0.4, 0.5) is 5.82 Å². The van der Waals surface area contributed by atoms with Crippen LogP contribution in [-0.4, -0.2) is 23.0 Å². The van der Waals surface area contributed by atoms with Gasteiger partial charge < -0.3 is 10.5 Å². The quantitative estimate of drug-likeness (QED) is 0.790. The van der Waals surface area contributed by atoms with Gasteiger partial charge in [0.25, 0.3) is 0 Å². The van der Waals surface area contributed by atoms with Crippen molar-refractivity contribution >= 4 is 11.8 Å². The number of methoxy groups -OCH3 is 1. The number of hydrogen-bond acceptors (Lipinski definition) is 5. The zero-order valence-electron chi connectivity index (χ0n) is 9.25. The Morgan fingerprint density at radius 2 is 2.00 bits per heavy atom. The zero-order chi connectivity index (χ0) is 12.3. The van der Waals surface area contributed by atoms with Crippen molar-refractivity contribution in [3.8, 4) is 11.1 Å². The SMILES string of the molecule is COC(=O)c1cc(-c2ccncc2)cnc1N. The molecule has 0 atom stereocenters. The molecule has 2 aromatic rings. The summed E-state index contributed by atoms with van der Waals surface area (Å²) in [6.45, 7) is 0. The van der Waals surface area contributed by atoms with E-state index in [1.54, 1.807) is 24.7 Å². The van der Waals surface area contributed by atoms with Crippen LogP contribution in [0.5, 0.6) is 0 Å². The smallest absolute Gasteiger partial charge is 0.341 e. The number of nitrogens with two attached hydrogens (primary N) is 1. The van der Waals surface area contributed by atoms with Gasteiger partial charge in [0.1, 0.15) is 11.4 Å². The van der Waals surface area contributed by atoms with Gasteiger partial charge in [-0.1, -0.05) is 0 Å².